The van der Waals surface area contributed by atoms with Gasteiger partial charge < -0.3 is 9.13 Å². The average Bonchev–Trinajstić information content (AvgIpc) is 3.53. The summed E-state index contributed by atoms with van der Waals surface area (Å²) in [7, 11) is 0. The molecule has 0 amide bonds. The molecule has 0 N–H and O–H groups in total. The second-order valence-electron chi connectivity index (χ2n) is 8.83. The Labute approximate surface area is 238 Å². The lowest BCUT2D eigenvalue weighted by molar-refractivity contribution is 0.103. The molecule has 2 aromatic heterocycles. The fraction of sp³-hybridized carbons (Fsp3) is 0.0690. The monoisotopic (exact) mass is 578 g/mol. The highest BCUT2D eigenvalue weighted by atomic mass is 35.5. The number of ketones is 1. The highest BCUT2D eigenvalue weighted by Crippen LogP contribution is 2.35. The van der Waals surface area contributed by atoms with Crippen molar-refractivity contribution in [2.75, 3.05) is 0 Å². The largest absolute Gasteiger partial charge is 0.326 e. The Morgan fingerprint density at radius 2 is 1.03 bits per heavy atom. The van der Waals surface area contributed by atoms with Crippen LogP contribution in [0.1, 0.15) is 27.0 Å². The number of imidazole rings is 2. The zero-order valence-corrected chi connectivity index (χ0v) is 22.7. The van der Waals surface area contributed by atoms with E-state index in [4.69, 9.17) is 46.4 Å². The van der Waals surface area contributed by atoms with Crippen molar-refractivity contribution in [3.8, 4) is 0 Å². The van der Waals surface area contributed by atoms with Gasteiger partial charge in [-0.25, -0.2) is 9.97 Å². The Balaban J connectivity index is 1.37. The Bertz CT molecular complexity index is 1720. The van der Waals surface area contributed by atoms with Crippen LogP contribution in [0.4, 0.5) is 0 Å². The van der Waals surface area contributed by atoms with E-state index in [2.05, 4.69) is 9.97 Å². The van der Waals surface area contributed by atoms with E-state index in [1.165, 1.54) is 0 Å². The lowest BCUT2D eigenvalue weighted by atomic mass is 9.99. The summed E-state index contributed by atoms with van der Waals surface area (Å²) in [6, 6.07) is 22.1. The molecule has 0 saturated carbocycles. The maximum atomic E-state index is 13.8. The number of hydrogen-bond acceptors (Lipinski definition) is 3. The van der Waals surface area contributed by atoms with Crippen molar-refractivity contribution in [1.82, 2.24) is 19.1 Å². The predicted octanol–water partition coefficient (Wildman–Crippen LogP) is 8.33. The molecule has 0 radical (unpaired) electrons. The molecule has 0 fully saturated rings. The molecule has 0 unspecified atom stereocenters. The van der Waals surface area contributed by atoms with E-state index in [1.807, 2.05) is 57.7 Å². The molecule has 0 aliphatic rings. The molecule has 5 nitrogen and oxygen atoms in total. The third-order valence-electron chi connectivity index (χ3n) is 6.57. The van der Waals surface area contributed by atoms with Gasteiger partial charge >= 0.3 is 0 Å². The number of carbonyl (C=O) groups is 1. The van der Waals surface area contributed by atoms with Crippen molar-refractivity contribution in [3.05, 3.63) is 128 Å². The molecule has 0 aliphatic carbocycles. The van der Waals surface area contributed by atoms with Gasteiger partial charge in [0.2, 0.25) is 0 Å². The third-order valence-corrected chi connectivity index (χ3v) is 8.14. The number of aromatic nitrogens is 4. The van der Waals surface area contributed by atoms with Gasteiger partial charge in [-0.1, -0.05) is 70.7 Å². The molecule has 6 rings (SSSR count). The molecule has 188 valence electrons. The first-order chi connectivity index (χ1) is 18.4. The van der Waals surface area contributed by atoms with Gasteiger partial charge in [0.25, 0.3) is 0 Å². The minimum atomic E-state index is -0.318. The van der Waals surface area contributed by atoms with Crippen molar-refractivity contribution in [3.63, 3.8) is 0 Å². The summed E-state index contributed by atoms with van der Waals surface area (Å²) in [6.07, 6.45) is 3.46. The van der Waals surface area contributed by atoms with E-state index in [9.17, 15) is 4.79 Å². The van der Waals surface area contributed by atoms with Gasteiger partial charge in [-0.3, -0.25) is 4.79 Å². The molecule has 0 atom stereocenters. The Morgan fingerprint density at radius 3 is 1.47 bits per heavy atom. The number of hydrogen-bond donors (Lipinski definition) is 0. The first-order valence-corrected chi connectivity index (χ1v) is 13.2. The molecule has 2 heterocycles. The van der Waals surface area contributed by atoms with E-state index < -0.39 is 0 Å². The van der Waals surface area contributed by atoms with Gasteiger partial charge in [0.15, 0.2) is 5.78 Å². The summed E-state index contributed by atoms with van der Waals surface area (Å²) in [5, 5.41) is 1.46. The second kappa shape index (κ2) is 10.1. The van der Waals surface area contributed by atoms with Crippen LogP contribution < -0.4 is 0 Å². The van der Waals surface area contributed by atoms with E-state index in [-0.39, 0.29) is 15.8 Å². The van der Waals surface area contributed by atoms with Crippen LogP contribution in [0, 0.1) is 0 Å². The van der Waals surface area contributed by atoms with E-state index >= 15 is 0 Å². The van der Waals surface area contributed by atoms with Crippen LogP contribution in [0.5, 0.6) is 0 Å². The summed E-state index contributed by atoms with van der Waals surface area (Å²) in [4.78, 5) is 22.6. The maximum Gasteiger partial charge on any atom is 0.196 e. The van der Waals surface area contributed by atoms with Crippen LogP contribution in [-0.2, 0) is 13.1 Å². The number of para-hydroxylation sites is 4. The van der Waals surface area contributed by atoms with E-state index in [1.54, 1.807) is 36.9 Å². The van der Waals surface area contributed by atoms with Crippen LogP contribution in [0.2, 0.25) is 20.1 Å². The number of fused-ring (bicyclic) bond motifs is 2. The molecule has 0 aliphatic heterocycles. The smallest absolute Gasteiger partial charge is 0.196 e. The first-order valence-electron chi connectivity index (χ1n) is 11.7. The molecule has 4 aromatic carbocycles. The molecule has 0 spiro atoms. The predicted molar refractivity (Wildman–Crippen MR) is 154 cm³/mol. The fourth-order valence-corrected chi connectivity index (χ4v) is 5.75. The lowest BCUT2D eigenvalue weighted by Crippen LogP contribution is -2.09. The van der Waals surface area contributed by atoms with Crippen molar-refractivity contribution in [2.45, 2.75) is 13.1 Å². The highest BCUT2D eigenvalue weighted by Gasteiger charge is 2.23. The van der Waals surface area contributed by atoms with Crippen molar-refractivity contribution in [1.29, 1.82) is 0 Å². The number of rotatable bonds is 6. The van der Waals surface area contributed by atoms with Gasteiger partial charge in [0, 0.05) is 32.3 Å². The summed E-state index contributed by atoms with van der Waals surface area (Å²) in [5.41, 5.74) is 5.45. The van der Waals surface area contributed by atoms with E-state index in [0.717, 1.165) is 22.1 Å². The normalized spacial score (nSPS) is 11.5. The number of nitrogens with zero attached hydrogens (tertiary/aromatic N) is 4. The zero-order chi connectivity index (χ0) is 26.4. The van der Waals surface area contributed by atoms with Crippen molar-refractivity contribution < 1.29 is 4.79 Å². The maximum absolute atomic E-state index is 13.8. The number of carbonyl (C=O) groups excluding carboxylic acids is 1. The Kier molecular flexibility index (Phi) is 6.62. The number of benzene rings is 4. The summed E-state index contributed by atoms with van der Waals surface area (Å²) in [5.74, 6) is -0.318. The SMILES string of the molecule is O=C(c1ccc(Cl)c(Cn2cnc3ccccc32)c1Cl)c1ccc(Cl)c(Cn2cnc3ccccc32)c1Cl. The minimum absolute atomic E-state index is 0.272. The second-order valence-corrected chi connectivity index (χ2v) is 10.4. The van der Waals surface area contributed by atoms with Gasteiger partial charge in [-0.15, -0.1) is 0 Å². The molecule has 38 heavy (non-hydrogen) atoms. The summed E-state index contributed by atoms with van der Waals surface area (Å²) in [6.45, 7) is 0.708. The molecule has 9 heteroatoms. The van der Waals surface area contributed by atoms with Gasteiger partial charge in [0.1, 0.15) is 0 Å². The van der Waals surface area contributed by atoms with Gasteiger partial charge in [0.05, 0.1) is 57.9 Å². The number of halogens is 4. The average molecular weight is 580 g/mol. The van der Waals surface area contributed by atoms with Crippen molar-refractivity contribution in [2.24, 2.45) is 0 Å². The highest BCUT2D eigenvalue weighted by molar-refractivity contribution is 6.41. The molecular formula is C29H18Cl4N4O. The molecule has 0 saturated heterocycles. The quantitative estimate of drug-likeness (QED) is 0.186. The summed E-state index contributed by atoms with van der Waals surface area (Å²) < 4.78 is 3.89. The summed E-state index contributed by atoms with van der Waals surface area (Å²) >= 11 is 26.7. The van der Waals surface area contributed by atoms with Crippen LogP contribution >= 0.6 is 46.4 Å². The lowest BCUT2D eigenvalue weighted by Gasteiger charge is -2.15. The molecule has 0 bridgehead atoms. The van der Waals surface area contributed by atoms with Crippen molar-refractivity contribution >= 4 is 74.3 Å². The van der Waals surface area contributed by atoms with Crippen LogP contribution in [0.15, 0.2) is 85.5 Å². The van der Waals surface area contributed by atoms with Gasteiger partial charge in [-0.05, 0) is 48.5 Å². The Hall–Kier alpha value is -3.35. The van der Waals surface area contributed by atoms with Crippen LogP contribution in [0.3, 0.4) is 0 Å². The molecule has 6 aromatic rings. The first kappa shape index (κ1) is 25.0. The topological polar surface area (TPSA) is 52.7 Å². The Morgan fingerprint density at radius 1 is 0.605 bits per heavy atom. The zero-order valence-electron chi connectivity index (χ0n) is 19.7. The van der Waals surface area contributed by atoms with Crippen LogP contribution in [0.25, 0.3) is 22.1 Å². The minimum Gasteiger partial charge on any atom is -0.326 e. The van der Waals surface area contributed by atoms with E-state index in [0.29, 0.717) is 45.4 Å². The van der Waals surface area contributed by atoms with Crippen LogP contribution in [-0.4, -0.2) is 24.9 Å². The fourth-order valence-electron chi connectivity index (χ4n) is 4.59. The standard InChI is InChI=1S/C29H18Cl4N4O/c30-21-11-9-17(27(32)19(21)13-36-15-34-23-5-1-3-7-25(23)36)29(38)18-10-12-22(31)20(28(18)33)14-37-16-35-24-6-2-4-8-26(24)37/h1-12,15-16H,13-14H2. The molecular weight excluding hydrogens is 562 g/mol. The third kappa shape index (κ3) is 4.36. The van der Waals surface area contributed by atoms with Gasteiger partial charge in [-0.2, -0.15) is 0 Å².